The summed E-state index contributed by atoms with van der Waals surface area (Å²) >= 11 is 0. The molecule has 2 fully saturated rings. The first-order valence-corrected chi connectivity index (χ1v) is 5.50. The van der Waals surface area contributed by atoms with Crippen molar-refractivity contribution in [3.63, 3.8) is 0 Å². The highest BCUT2D eigenvalue weighted by molar-refractivity contribution is 4.91. The van der Waals surface area contributed by atoms with Crippen molar-refractivity contribution in [1.29, 1.82) is 0 Å². The quantitative estimate of drug-likeness (QED) is 0.771. The lowest BCUT2D eigenvalue weighted by molar-refractivity contribution is -0.148. The average molecular weight is 222 g/mol. The predicted octanol–water partition coefficient (Wildman–Crippen LogP) is 1.75. The van der Waals surface area contributed by atoms with Crippen molar-refractivity contribution in [3.05, 3.63) is 0 Å². The number of alkyl halides is 3. The number of nitrogens with zero attached hydrogens (tertiary/aromatic N) is 1. The highest BCUT2D eigenvalue weighted by atomic mass is 19.4. The lowest BCUT2D eigenvalue weighted by atomic mass is 9.91. The molecule has 0 aromatic carbocycles. The SMILES string of the molecule is NC1CC(CC(F)(F)F)CN(C2CC2)C1. The van der Waals surface area contributed by atoms with Gasteiger partial charge in [0.25, 0.3) is 0 Å². The Hall–Kier alpha value is -0.290. The van der Waals surface area contributed by atoms with Crippen LogP contribution in [-0.4, -0.2) is 36.2 Å². The van der Waals surface area contributed by atoms with Crippen LogP contribution in [0.2, 0.25) is 0 Å². The fourth-order valence-corrected chi connectivity index (χ4v) is 2.50. The lowest BCUT2D eigenvalue weighted by Gasteiger charge is -2.36. The van der Waals surface area contributed by atoms with Crippen LogP contribution in [0.25, 0.3) is 0 Å². The third-order valence-corrected chi connectivity index (χ3v) is 3.18. The van der Waals surface area contributed by atoms with Gasteiger partial charge in [0.05, 0.1) is 0 Å². The molecule has 1 saturated heterocycles. The first-order valence-electron chi connectivity index (χ1n) is 5.50. The molecule has 2 aliphatic rings. The van der Waals surface area contributed by atoms with Gasteiger partial charge in [0.15, 0.2) is 0 Å². The van der Waals surface area contributed by atoms with Gasteiger partial charge in [0.1, 0.15) is 0 Å². The van der Waals surface area contributed by atoms with Crippen LogP contribution in [0.1, 0.15) is 25.7 Å². The molecule has 2 unspecified atom stereocenters. The van der Waals surface area contributed by atoms with Crippen LogP contribution < -0.4 is 5.73 Å². The van der Waals surface area contributed by atoms with E-state index in [-0.39, 0.29) is 12.0 Å². The molecule has 15 heavy (non-hydrogen) atoms. The Kier molecular flexibility index (Phi) is 2.94. The van der Waals surface area contributed by atoms with Crippen molar-refractivity contribution in [3.8, 4) is 0 Å². The number of halogens is 3. The summed E-state index contributed by atoms with van der Waals surface area (Å²) in [5.41, 5.74) is 5.79. The van der Waals surface area contributed by atoms with Gasteiger partial charge < -0.3 is 5.73 Å². The van der Waals surface area contributed by atoms with Crippen molar-refractivity contribution < 1.29 is 13.2 Å². The summed E-state index contributed by atoms with van der Waals surface area (Å²) in [6.45, 7) is 1.36. The van der Waals surface area contributed by atoms with E-state index in [1.54, 1.807) is 0 Å². The predicted molar refractivity (Wildman–Crippen MR) is 51.3 cm³/mol. The highest BCUT2D eigenvalue weighted by Crippen LogP contribution is 2.34. The third kappa shape index (κ3) is 3.34. The molecule has 1 saturated carbocycles. The topological polar surface area (TPSA) is 29.3 Å². The van der Waals surface area contributed by atoms with Gasteiger partial charge in [-0.2, -0.15) is 13.2 Å². The normalized spacial score (nSPS) is 34.4. The standard InChI is InChI=1S/C10H17F3N2/c11-10(12,13)4-7-3-8(14)6-15(5-7)9-1-2-9/h7-9H,1-6,14H2. The summed E-state index contributed by atoms with van der Waals surface area (Å²) in [4.78, 5) is 2.14. The van der Waals surface area contributed by atoms with Crippen LogP contribution in [0.4, 0.5) is 13.2 Å². The van der Waals surface area contributed by atoms with E-state index in [2.05, 4.69) is 4.90 Å². The van der Waals surface area contributed by atoms with Crippen LogP contribution in [0.15, 0.2) is 0 Å². The first kappa shape index (κ1) is 11.2. The van der Waals surface area contributed by atoms with Crippen LogP contribution >= 0.6 is 0 Å². The Bertz CT molecular complexity index is 225. The smallest absolute Gasteiger partial charge is 0.327 e. The zero-order valence-electron chi connectivity index (χ0n) is 8.63. The zero-order valence-corrected chi connectivity index (χ0v) is 8.63. The van der Waals surface area contributed by atoms with Crippen LogP contribution in [0.3, 0.4) is 0 Å². The van der Waals surface area contributed by atoms with E-state index in [1.165, 1.54) is 0 Å². The van der Waals surface area contributed by atoms with Crippen molar-refractivity contribution in [2.24, 2.45) is 11.7 Å². The molecule has 0 radical (unpaired) electrons. The molecule has 0 spiro atoms. The summed E-state index contributed by atoms with van der Waals surface area (Å²) in [7, 11) is 0. The van der Waals surface area contributed by atoms with Gasteiger partial charge in [-0.3, -0.25) is 4.90 Å². The van der Waals surface area contributed by atoms with Crippen molar-refractivity contribution in [1.82, 2.24) is 4.90 Å². The first-order chi connectivity index (χ1) is 6.94. The summed E-state index contributed by atoms with van der Waals surface area (Å²) in [6, 6.07) is 0.443. The molecular formula is C10H17F3N2. The molecule has 2 atom stereocenters. The number of hydrogen-bond acceptors (Lipinski definition) is 2. The van der Waals surface area contributed by atoms with E-state index in [9.17, 15) is 13.2 Å². The van der Waals surface area contributed by atoms with Gasteiger partial charge in [-0.1, -0.05) is 0 Å². The van der Waals surface area contributed by atoms with Crippen LogP contribution in [0.5, 0.6) is 0 Å². The van der Waals surface area contributed by atoms with Crippen LogP contribution in [0, 0.1) is 5.92 Å². The maximum atomic E-state index is 12.3. The van der Waals surface area contributed by atoms with Crippen molar-refractivity contribution in [2.45, 2.75) is 43.9 Å². The van der Waals surface area contributed by atoms with Gasteiger partial charge in [0.2, 0.25) is 0 Å². The van der Waals surface area contributed by atoms with E-state index in [1.807, 2.05) is 0 Å². The number of rotatable bonds is 2. The van der Waals surface area contributed by atoms with E-state index >= 15 is 0 Å². The Labute approximate surface area is 87.6 Å². The monoisotopic (exact) mass is 222 g/mol. The van der Waals surface area contributed by atoms with Crippen molar-refractivity contribution in [2.75, 3.05) is 13.1 Å². The fraction of sp³-hybridized carbons (Fsp3) is 1.00. The maximum absolute atomic E-state index is 12.3. The summed E-state index contributed by atoms with van der Waals surface area (Å²) in [6.07, 6.45) is -1.94. The fourth-order valence-electron chi connectivity index (χ4n) is 2.50. The molecule has 0 aromatic rings. The van der Waals surface area contributed by atoms with E-state index in [0.717, 1.165) is 19.4 Å². The largest absolute Gasteiger partial charge is 0.389 e. The second-order valence-electron chi connectivity index (χ2n) is 4.87. The molecule has 0 bridgehead atoms. The molecule has 2 rings (SSSR count). The Morgan fingerprint density at radius 2 is 1.87 bits per heavy atom. The summed E-state index contributed by atoms with van der Waals surface area (Å²) in [5, 5.41) is 0. The molecule has 1 aliphatic carbocycles. The zero-order chi connectivity index (χ0) is 11.1. The average Bonchev–Trinajstić information content (AvgIpc) is 2.80. The molecule has 88 valence electrons. The summed E-state index contributed by atoms with van der Waals surface area (Å²) < 4.78 is 36.8. The Morgan fingerprint density at radius 1 is 1.20 bits per heavy atom. The molecule has 0 amide bonds. The van der Waals surface area contributed by atoms with Gasteiger partial charge >= 0.3 is 6.18 Å². The Balaban J connectivity index is 1.88. The maximum Gasteiger partial charge on any atom is 0.389 e. The number of likely N-dealkylation sites (tertiary alicyclic amines) is 1. The molecule has 2 nitrogen and oxygen atoms in total. The van der Waals surface area contributed by atoms with Gasteiger partial charge in [-0.25, -0.2) is 0 Å². The molecule has 1 aliphatic heterocycles. The number of hydrogen-bond donors (Lipinski definition) is 1. The lowest BCUT2D eigenvalue weighted by Crippen LogP contribution is -2.48. The minimum absolute atomic E-state index is 0.0771. The molecule has 5 heteroatoms. The molecular weight excluding hydrogens is 205 g/mol. The van der Waals surface area contributed by atoms with E-state index in [4.69, 9.17) is 5.73 Å². The minimum atomic E-state index is -4.04. The van der Waals surface area contributed by atoms with Crippen molar-refractivity contribution >= 4 is 0 Å². The highest BCUT2D eigenvalue weighted by Gasteiger charge is 2.39. The Morgan fingerprint density at radius 3 is 2.40 bits per heavy atom. The molecule has 0 aromatic heterocycles. The summed E-state index contributed by atoms with van der Waals surface area (Å²) in [5.74, 6) is -0.297. The van der Waals surface area contributed by atoms with Gasteiger partial charge in [0, 0.05) is 31.6 Å². The second kappa shape index (κ2) is 3.94. The molecule has 1 heterocycles. The van der Waals surface area contributed by atoms with Crippen LogP contribution in [-0.2, 0) is 0 Å². The van der Waals surface area contributed by atoms with Gasteiger partial charge in [-0.15, -0.1) is 0 Å². The van der Waals surface area contributed by atoms with E-state index < -0.39 is 12.6 Å². The molecule has 2 N–H and O–H groups in total. The minimum Gasteiger partial charge on any atom is -0.327 e. The third-order valence-electron chi connectivity index (χ3n) is 3.18. The van der Waals surface area contributed by atoms with Gasteiger partial charge in [-0.05, 0) is 25.2 Å². The van der Waals surface area contributed by atoms with E-state index in [0.29, 0.717) is 19.0 Å². The number of piperidine rings is 1. The number of nitrogens with two attached hydrogens (primary N) is 1. The second-order valence-corrected chi connectivity index (χ2v) is 4.87.